The highest BCUT2D eigenvalue weighted by atomic mass is 35.5. The molecule has 28 heavy (non-hydrogen) atoms. The first-order valence-electron chi connectivity index (χ1n) is 8.82. The molecule has 1 atom stereocenters. The lowest BCUT2D eigenvalue weighted by Crippen LogP contribution is -2.33. The number of carbonyl (C=O) groups excluding carboxylic acids is 2. The zero-order valence-electron chi connectivity index (χ0n) is 15.4. The summed E-state index contributed by atoms with van der Waals surface area (Å²) >= 11 is 6.32. The zero-order valence-corrected chi connectivity index (χ0v) is 16.1. The molecule has 1 N–H and O–H groups in total. The number of halogens is 1. The average Bonchev–Trinajstić information content (AvgIpc) is 3.28. The molecule has 0 unspecified atom stereocenters. The Morgan fingerprint density at radius 2 is 1.89 bits per heavy atom. The third kappa shape index (κ3) is 3.25. The zero-order chi connectivity index (χ0) is 19.8. The molecule has 3 aromatic rings. The van der Waals surface area contributed by atoms with E-state index in [9.17, 15) is 9.59 Å². The predicted molar refractivity (Wildman–Crippen MR) is 107 cm³/mol. The fourth-order valence-corrected chi connectivity index (χ4v) is 3.83. The van der Waals surface area contributed by atoms with E-state index in [0.717, 1.165) is 23.4 Å². The Balaban J connectivity index is 1.55. The Hall–Kier alpha value is -3.19. The Morgan fingerprint density at radius 1 is 1.14 bits per heavy atom. The van der Waals surface area contributed by atoms with Gasteiger partial charge in [-0.15, -0.1) is 10.2 Å². The lowest BCUT2D eigenvalue weighted by atomic mass is 10.1. The van der Waals surface area contributed by atoms with Crippen molar-refractivity contribution in [3.05, 3.63) is 65.2 Å². The maximum Gasteiger partial charge on any atom is 0.257 e. The van der Waals surface area contributed by atoms with Crippen LogP contribution in [0, 0.1) is 0 Å². The number of fused-ring (bicyclic) bond motifs is 1. The highest BCUT2D eigenvalue weighted by molar-refractivity contribution is 6.34. The van der Waals surface area contributed by atoms with E-state index in [-0.39, 0.29) is 17.9 Å². The Kier molecular flexibility index (Phi) is 4.60. The summed E-state index contributed by atoms with van der Waals surface area (Å²) < 4.78 is 1.70. The number of aromatic nitrogens is 3. The van der Waals surface area contributed by atoms with E-state index in [1.54, 1.807) is 53.3 Å². The molecule has 1 aliphatic rings. The fourth-order valence-electron chi connectivity index (χ4n) is 3.57. The largest absolute Gasteiger partial charge is 0.322 e. The van der Waals surface area contributed by atoms with E-state index >= 15 is 0 Å². The number of nitrogens with zero attached hydrogens (tertiary/aromatic N) is 4. The van der Waals surface area contributed by atoms with Crippen LogP contribution in [0.4, 0.5) is 11.4 Å². The minimum Gasteiger partial charge on any atom is -0.322 e. The molecule has 4 rings (SSSR count). The molecule has 142 valence electrons. The van der Waals surface area contributed by atoms with E-state index in [1.165, 1.54) is 0 Å². The van der Waals surface area contributed by atoms with Gasteiger partial charge in [0.25, 0.3) is 5.91 Å². The summed E-state index contributed by atoms with van der Waals surface area (Å²) in [5, 5.41) is 10.7. The number of hydrogen-bond acceptors (Lipinski definition) is 4. The molecule has 1 aliphatic heterocycles. The van der Waals surface area contributed by atoms with Crippen molar-refractivity contribution >= 4 is 34.8 Å². The number of hydrogen-bond donors (Lipinski definition) is 1. The fraction of sp³-hybridized carbons (Fsp3) is 0.200. The maximum atomic E-state index is 12.7. The number of anilines is 2. The van der Waals surface area contributed by atoms with E-state index in [1.807, 2.05) is 19.1 Å². The molecule has 0 saturated heterocycles. The summed E-state index contributed by atoms with van der Waals surface area (Å²) in [4.78, 5) is 26.3. The highest BCUT2D eigenvalue weighted by Gasteiger charge is 2.29. The Bertz CT molecular complexity index is 1060. The van der Waals surface area contributed by atoms with Gasteiger partial charge in [-0.1, -0.05) is 11.6 Å². The molecular weight excluding hydrogens is 378 g/mol. The SMILES string of the molecule is CC(=O)N1c2ccc(NC(=O)c3ccc(-n4cnnc4)cc3Cl)cc2C[C@H]1C. The van der Waals surface area contributed by atoms with Crippen molar-refractivity contribution in [2.75, 3.05) is 10.2 Å². The van der Waals surface area contributed by atoms with Crippen molar-refractivity contribution in [3.8, 4) is 5.69 Å². The molecule has 8 heteroatoms. The topological polar surface area (TPSA) is 80.1 Å². The van der Waals surface area contributed by atoms with Gasteiger partial charge in [-0.3, -0.25) is 14.2 Å². The van der Waals surface area contributed by atoms with Crippen molar-refractivity contribution in [2.24, 2.45) is 0 Å². The van der Waals surface area contributed by atoms with Crippen LogP contribution in [0.15, 0.2) is 49.1 Å². The molecular formula is C20H18ClN5O2. The molecule has 2 amide bonds. The van der Waals surface area contributed by atoms with Gasteiger partial charge >= 0.3 is 0 Å². The monoisotopic (exact) mass is 395 g/mol. The van der Waals surface area contributed by atoms with Crippen LogP contribution in [-0.2, 0) is 11.2 Å². The molecule has 0 fully saturated rings. The van der Waals surface area contributed by atoms with Crippen LogP contribution < -0.4 is 10.2 Å². The van der Waals surface area contributed by atoms with Crippen LogP contribution in [-0.4, -0.2) is 32.6 Å². The standard InChI is InChI=1S/C20H18ClN5O2/c1-12-7-14-8-15(3-6-19(14)26(12)13(2)27)24-20(28)17-5-4-16(9-18(17)21)25-10-22-23-11-25/h3-6,8-12H,7H2,1-2H3,(H,24,28)/t12-/m1/s1. The van der Waals surface area contributed by atoms with E-state index < -0.39 is 0 Å². The Morgan fingerprint density at radius 3 is 2.57 bits per heavy atom. The van der Waals surface area contributed by atoms with Gasteiger partial charge in [0.2, 0.25) is 5.91 Å². The van der Waals surface area contributed by atoms with Crippen molar-refractivity contribution in [3.63, 3.8) is 0 Å². The third-order valence-electron chi connectivity index (χ3n) is 4.81. The molecule has 0 bridgehead atoms. The van der Waals surface area contributed by atoms with Crippen LogP contribution in [0.25, 0.3) is 5.69 Å². The van der Waals surface area contributed by atoms with Crippen LogP contribution >= 0.6 is 11.6 Å². The Labute approximate surface area is 166 Å². The molecule has 2 aromatic carbocycles. The molecule has 0 radical (unpaired) electrons. The molecule has 1 aromatic heterocycles. The van der Waals surface area contributed by atoms with Crippen molar-refractivity contribution in [1.29, 1.82) is 0 Å². The van der Waals surface area contributed by atoms with Crippen LogP contribution in [0.2, 0.25) is 5.02 Å². The van der Waals surface area contributed by atoms with Gasteiger partial charge in [-0.05, 0) is 55.3 Å². The molecule has 0 spiro atoms. The van der Waals surface area contributed by atoms with E-state index in [4.69, 9.17) is 11.6 Å². The van der Waals surface area contributed by atoms with Gasteiger partial charge < -0.3 is 10.2 Å². The second-order valence-electron chi connectivity index (χ2n) is 6.77. The minimum atomic E-state index is -0.297. The van der Waals surface area contributed by atoms with E-state index in [2.05, 4.69) is 15.5 Å². The van der Waals surface area contributed by atoms with E-state index in [0.29, 0.717) is 16.3 Å². The summed E-state index contributed by atoms with van der Waals surface area (Å²) in [6, 6.07) is 10.8. The highest BCUT2D eigenvalue weighted by Crippen LogP contribution is 2.34. The van der Waals surface area contributed by atoms with Crippen molar-refractivity contribution < 1.29 is 9.59 Å². The van der Waals surface area contributed by atoms with Gasteiger partial charge in [0, 0.05) is 30.0 Å². The normalized spacial score (nSPS) is 15.4. The number of carbonyl (C=O) groups is 2. The average molecular weight is 396 g/mol. The summed E-state index contributed by atoms with van der Waals surface area (Å²) in [6.07, 6.45) is 3.87. The smallest absolute Gasteiger partial charge is 0.257 e. The third-order valence-corrected chi connectivity index (χ3v) is 5.12. The van der Waals surface area contributed by atoms with Crippen LogP contribution in [0.3, 0.4) is 0 Å². The number of rotatable bonds is 3. The van der Waals surface area contributed by atoms with Gasteiger partial charge in [-0.25, -0.2) is 0 Å². The number of nitrogens with one attached hydrogen (secondary N) is 1. The van der Waals surface area contributed by atoms with Crippen molar-refractivity contribution in [2.45, 2.75) is 26.3 Å². The summed E-state index contributed by atoms with van der Waals surface area (Å²) in [6.45, 7) is 3.57. The lowest BCUT2D eigenvalue weighted by Gasteiger charge is -2.20. The van der Waals surface area contributed by atoms with Gasteiger partial charge in [0.15, 0.2) is 0 Å². The molecule has 2 heterocycles. The van der Waals surface area contributed by atoms with Crippen LogP contribution in [0.5, 0.6) is 0 Å². The second-order valence-corrected chi connectivity index (χ2v) is 7.18. The first kappa shape index (κ1) is 18.2. The maximum absolute atomic E-state index is 12.7. The van der Waals surface area contributed by atoms with Gasteiger partial charge in [-0.2, -0.15) is 0 Å². The second kappa shape index (κ2) is 7.09. The van der Waals surface area contributed by atoms with Gasteiger partial charge in [0.05, 0.1) is 10.6 Å². The first-order valence-corrected chi connectivity index (χ1v) is 9.20. The number of amides is 2. The van der Waals surface area contributed by atoms with Crippen molar-refractivity contribution in [1.82, 2.24) is 14.8 Å². The summed E-state index contributed by atoms with van der Waals surface area (Å²) in [5.74, 6) is -0.280. The molecule has 7 nitrogen and oxygen atoms in total. The van der Waals surface area contributed by atoms with Gasteiger partial charge in [0.1, 0.15) is 12.7 Å². The molecule has 0 saturated carbocycles. The summed E-state index contributed by atoms with van der Waals surface area (Å²) in [5.41, 5.74) is 3.74. The predicted octanol–water partition coefficient (Wildman–Crippen LogP) is 3.47. The quantitative estimate of drug-likeness (QED) is 0.736. The minimum absolute atomic E-state index is 0.0167. The summed E-state index contributed by atoms with van der Waals surface area (Å²) in [7, 11) is 0. The first-order chi connectivity index (χ1) is 13.4. The van der Waals surface area contributed by atoms with Crippen LogP contribution in [0.1, 0.15) is 29.8 Å². The number of benzene rings is 2. The lowest BCUT2D eigenvalue weighted by molar-refractivity contribution is -0.116. The molecule has 0 aliphatic carbocycles.